The Hall–Kier alpha value is -1.88. The molecule has 3 N–H and O–H groups in total. The number of halogens is 2. The molecule has 0 bridgehead atoms. The Morgan fingerprint density at radius 3 is 3.03 bits per heavy atom. The fraction of sp³-hybridized carbons (Fsp3) is 0.474. The molecule has 0 saturated carbocycles. The van der Waals surface area contributed by atoms with Crippen molar-refractivity contribution in [2.75, 3.05) is 19.6 Å². The zero-order valence-electron chi connectivity index (χ0n) is 16.3. The minimum absolute atomic E-state index is 0. The number of carbonyl (C=O) groups excluding carboxylic acids is 1. The molecule has 0 radical (unpaired) electrons. The number of nitrogens with zero attached hydrogens (tertiary/aromatic N) is 4. The highest BCUT2D eigenvalue weighted by Crippen LogP contribution is 2.21. The number of likely N-dealkylation sites (tertiary alicyclic amines) is 1. The van der Waals surface area contributed by atoms with Crippen molar-refractivity contribution in [3.63, 3.8) is 0 Å². The van der Waals surface area contributed by atoms with Gasteiger partial charge in [-0.05, 0) is 37.8 Å². The number of piperidine rings is 1. The van der Waals surface area contributed by atoms with Crippen molar-refractivity contribution >= 4 is 47.4 Å². The van der Waals surface area contributed by atoms with Crippen LogP contribution in [0.1, 0.15) is 32.1 Å². The first kappa shape index (κ1) is 23.4. The Morgan fingerprint density at radius 1 is 1.48 bits per heavy atom. The summed E-state index contributed by atoms with van der Waals surface area (Å²) in [6.07, 6.45) is 2.41. The van der Waals surface area contributed by atoms with Gasteiger partial charge in [-0.2, -0.15) is 4.98 Å². The molecule has 29 heavy (non-hydrogen) atoms. The highest BCUT2D eigenvalue weighted by molar-refractivity contribution is 14.0. The van der Waals surface area contributed by atoms with E-state index in [1.165, 1.54) is 0 Å². The van der Waals surface area contributed by atoms with Crippen LogP contribution in [0.25, 0.3) is 11.4 Å². The number of rotatable bonds is 6. The van der Waals surface area contributed by atoms with Gasteiger partial charge in [0.15, 0.2) is 5.96 Å². The minimum atomic E-state index is -0.256. The van der Waals surface area contributed by atoms with Gasteiger partial charge in [0.25, 0.3) is 0 Å². The number of primary amides is 1. The standard InChI is InChI=1S/C19H25ClN6O2.HI/c1-2-22-19(26-8-4-5-13(12-26)9-16(21)27)23-11-17-24-18(25-28-17)14-6-3-7-15(20)10-14;/h3,6-7,10,13H,2,4-5,8-9,11-12H2,1H3,(H2,21,27)(H,22,23);1H. The fourth-order valence-corrected chi connectivity index (χ4v) is 3.53. The lowest BCUT2D eigenvalue weighted by Crippen LogP contribution is -2.47. The average molecular weight is 533 g/mol. The monoisotopic (exact) mass is 532 g/mol. The summed E-state index contributed by atoms with van der Waals surface area (Å²) in [5.41, 5.74) is 6.15. The highest BCUT2D eigenvalue weighted by atomic mass is 127. The maximum Gasteiger partial charge on any atom is 0.248 e. The molecule has 1 unspecified atom stereocenters. The van der Waals surface area contributed by atoms with Crippen LogP contribution in [0.3, 0.4) is 0 Å². The molecule has 1 saturated heterocycles. The van der Waals surface area contributed by atoms with E-state index in [-0.39, 0.29) is 42.3 Å². The van der Waals surface area contributed by atoms with Gasteiger partial charge in [-0.3, -0.25) is 4.79 Å². The zero-order valence-corrected chi connectivity index (χ0v) is 19.4. The van der Waals surface area contributed by atoms with Gasteiger partial charge < -0.3 is 20.5 Å². The second-order valence-electron chi connectivity index (χ2n) is 6.82. The van der Waals surface area contributed by atoms with E-state index in [1.54, 1.807) is 12.1 Å². The Morgan fingerprint density at radius 2 is 2.31 bits per heavy atom. The minimum Gasteiger partial charge on any atom is -0.370 e. The maximum atomic E-state index is 11.2. The molecule has 1 atom stereocenters. The predicted octanol–water partition coefficient (Wildman–Crippen LogP) is 3.06. The molecule has 1 amide bonds. The summed E-state index contributed by atoms with van der Waals surface area (Å²) in [7, 11) is 0. The summed E-state index contributed by atoms with van der Waals surface area (Å²) in [5, 5.41) is 7.92. The van der Waals surface area contributed by atoms with E-state index in [1.807, 2.05) is 19.1 Å². The van der Waals surface area contributed by atoms with E-state index < -0.39 is 0 Å². The molecule has 10 heteroatoms. The molecule has 158 valence electrons. The van der Waals surface area contributed by atoms with E-state index in [0.717, 1.165) is 44.0 Å². The van der Waals surface area contributed by atoms with E-state index >= 15 is 0 Å². The third-order valence-electron chi connectivity index (χ3n) is 4.56. The Labute approximate surface area is 192 Å². The summed E-state index contributed by atoms with van der Waals surface area (Å²) in [6.45, 7) is 4.68. The van der Waals surface area contributed by atoms with Crippen LogP contribution >= 0.6 is 35.6 Å². The van der Waals surface area contributed by atoms with Crippen molar-refractivity contribution in [2.24, 2.45) is 16.6 Å². The number of aromatic nitrogens is 2. The van der Waals surface area contributed by atoms with E-state index in [0.29, 0.717) is 23.2 Å². The van der Waals surface area contributed by atoms with Gasteiger partial charge in [-0.1, -0.05) is 28.9 Å². The normalized spacial score (nSPS) is 17.0. The molecule has 3 rings (SSSR count). The van der Waals surface area contributed by atoms with Crippen LogP contribution in [-0.4, -0.2) is 46.5 Å². The van der Waals surface area contributed by atoms with Crippen molar-refractivity contribution in [1.29, 1.82) is 0 Å². The van der Waals surface area contributed by atoms with Crippen LogP contribution in [-0.2, 0) is 11.3 Å². The SMILES string of the molecule is CCNC(=NCc1nc(-c2cccc(Cl)c2)no1)N1CCCC(CC(N)=O)C1.I. The summed E-state index contributed by atoms with van der Waals surface area (Å²) < 4.78 is 5.33. The lowest BCUT2D eigenvalue weighted by atomic mass is 9.95. The summed E-state index contributed by atoms with van der Waals surface area (Å²) in [4.78, 5) is 22.4. The number of aliphatic imine (C=N–C) groups is 1. The molecule has 1 aromatic carbocycles. The smallest absolute Gasteiger partial charge is 0.248 e. The number of hydrogen-bond acceptors (Lipinski definition) is 5. The van der Waals surface area contributed by atoms with Gasteiger partial charge in [-0.15, -0.1) is 24.0 Å². The van der Waals surface area contributed by atoms with Crippen molar-refractivity contribution in [3.05, 3.63) is 35.2 Å². The fourth-order valence-electron chi connectivity index (χ4n) is 3.34. The van der Waals surface area contributed by atoms with Crippen molar-refractivity contribution in [1.82, 2.24) is 20.4 Å². The van der Waals surface area contributed by atoms with E-state index in [2.05, 4.69) is 25.3 Å². The number of carbonyl (C=O) groups is 1. The maximum absolute atomic E-state index is 11.2. The molecule has 2 heterocycles. The molecule has 1 aliphatic heterocycles. The number of hydrogen-bond donors (Lipinski definition) is 2. The second-order valence-corrected chi connectivity index (χ2v) is 7.25. The largest absolute Gasteiger partial charge is 0.370 e. The number of guanidine groups is 1. The van der Waals surface area contributed by atoms with Crippen molar-refractivity contribution in [3.8, 4) is 11.4 Å². The molecule has 1 aromatic heterocycles. The molecular formula is C19H26ClIN6O2. The van der Waals surface area contributed by atoms with Crippen LogP contribution in [0.4, 0.5) is 0 Å². The Kier molecular flexibility index (Phi) is 9.15. The van der Waals surface area contributed by atoms with Gasteiger partial charge in [0.05, 0.1) is 0 Å². The zero-order chi connectivity index (χ0) is 19.9. The summed E-state index contributed by atoms with van der Waals surface area (Å²) >= 11 is 6.02. The van der Waals surface area contributed by atoms with Crippen molar-refractivity contribution in [2.45, 2.75) is 32.7 Å². The van der Waals surface area contributed by atoms with Crippen LogP contribution in [0.15, 0.2) is 33.8 Å². The quantitative estimate of drug-likeness (QED) is 0.336. The Bertz CT molecular complexity index is 844. The molecule has 1 fully saturated rings. The molecule has 1 aliphatic rings. The summed E-state index contributed by atoms with van der Waals surface area (Å²) in [5.74, 6) is 1.69. The first-order valence-corrected chi connectivity index (χ1v) is 9.83. The first-order chi connectivity index (χ1) is 13.5. The molecular weight excluding hydrogens is 507 g/mol. The van der Waals surface area contributed by atoms with E-state index in [4.69, 9.17) is 21.9 Å². The number of nitrogens with one attached hydrogen (secondary N) is 1. The van der Waals surface area contributed by atoms with Crippen LogP contribution in [0.5, 0.6) is 0 Å². The molecule has 0 aliphatic carbocycles. The van der Waals surface area contributed by atoms with Gasteiger partial charge in [0, 0.05) is 36.6 Å². The molecule has 0 spiro atoms. The first-order valence-electron chi connectivity index (χ1n) is 9.45. The Balaban J connectivity index is 0.00000300. The van der Waals surface area contributed by atoms with Gasteiger partial charge >= 0.3 is 0 Å². The van der Waals surface area contributed by atoms with E-state index in [9.17, 15) is 4.79 Å². The van der Waals surface area contributed by atoms with Gasteiger partial charge in [0.1, 0.15) is 6.54 Å². The van der Waals surface area contributed by atoms with Crippen LogP contribution < -0.4 is 11.1 Å². The number of nitrogens with two attached hydrogens (primary N) is 1. The number of amides is 1. The van der Waals surface area contributed by atoms with Gasteiger partial charge in [0.2, 0.25) is 17.6 Å². The third-order valence-corrected chi connectivity index (χ3v) is 4.79. The third kappa shape index (κ3) is 6.84. The van der Waals surface area contributed by atoms with Crippen molar-refractivity contribution < 1.29 is 9.32 Å². The molecule has 2 aromatic rings. The average Bonchev–Trinajstić information content (AvgIpc) is 3.14. The lowest BCUT2D eigenvalue weighted by molar-refractivity contribution is -0.119. The van der Waals surface area contributed by atoms with Gasteiger partial charge in [-0.25, -0.2) is 4.99 Å². The topological polar surface area (TPSA) is 110 Å². The highest BCUT2D eigenvalue weighted by Gasteiger charge is 2.23. The van der Waals surface area contributed by atoms with Crippen LogP contribution in [0, 0.1) is 5.92 Å². The molecule has 8 nitrogen and oxygen atoms in total. The second kappa shape index (κ2) is 11.3. The predicted molar refractivity (Wildman–Crippen MR) is 123 cm³/mol. The summed E-state index contributed by atoms with van der Waals surface area (Å²) in [6, 6.07) is 7.30. The number of benzene rings is 1. The van der Waals surface area contributed by atoms with Crippen LogP contribution in [0.2, 0.25) is 5.02 Å². The lowest BCUT2D eigenvalue weighted by Gasteiger charge is -2.34.